The lowest BCUT2D eigenvalue weighted by molar-refractivity contribution is 0.101. The molecule has 0 radical (unpaired) electrons. The van der Waals surface area contributed by atoms with Crippen LogP contribution in [0.25, 0.3) is 11.1 Å². The third-order valence-electron chi connectivity index (χ3n) is 5.60. The average Bonchev–Trinajstić information content (AvgIpc) is 2.90. The van der Waals surface area contributed by atoms with Crippen LogP contribution in [0.3, 0.4) is 0 Å². The molecule has 0 bridgehead atoms. The number of carbonyl (C=O) groups excluding carboxylic acids is 2. The van der Waals surface area contributed by atoms with Gasteiger partial charge in [-0.1, -0.05) is 48.5 Å². The number of aryl methyl sites for hydroxylation is 1. The standard InChI is InChI=1S/C27H26N5O4P/c1-17-12-13-21(30-25(33)20-11-7-10-19(14-20)18-8-5-4-6-9-18)15-23(17)31-26(34)22-16-29-27(37(3,35)36)32-24(22)28-2/h4-16H,1-3H3,(H,30,33)(H,31,34)(H,35,36)(H,28,29,32). The average molecular weight is 516 g/mol. The van der Waals surface area contributed by atoms with Crippen LogP contribution in [0.5, 0.6) is 0 Å². The number of benzene rings is 3. The normalized spacial score (nSPS) is 12.3. The number of carbonyl (C=O) groups is 2. The molecule has 1 atom stereocenters. The number of amides is 2. The highest BCUT2D eigenvalue weighted by Gasteiger charge is 2.22. The Morgan fingerprint density at radius 3 is 2.32 bits per heavy atom. The fraction of sp³-hybridized carbons (Fsp3) is 0.111. The summed E-state index contributed by atoms with van der Waals surface area (Å²) < 4.78 is 11.9. The third kappa shape index (κ3) is 6.09. The number of nitrogens with one attached hydrogen (secondary N) is 3. The molecule has 0 aliphatic rings. The zero-order chi connectivity index (χ0) is 26.6. The highest BCUT2D eigenvalue weighted by atomic mass is 31.2. The third-order valence-corrected chi connectivity index (χ3v) is 6.56. The summed E-state index contributed by atoms with van der Waals surface area (Å²) >= 11 is 0. The summed E-state index contributed by atoms with van der Waals surface area (Å²) in [6, 6.07) is 22.3. The van der Waals surface area contributed by atoms with Gasteiger partial charge >= 0.3 is 0 Å². The number of aromatic nitrogens is 2. The Hall–Kier alpha value is -4.33. The van der Waals surface area contributed by atoms with Crippen LogP contribution in [-0.4, -0.2) is 40.4 Å². The van der Waals surface area contributed by atoms with Gasteiger partial charge in [0.05, 0.1) is 0 Å². The fourth-order valence-corrected chi connectivity index (χ4v) is 4.18. The summed E-state index contributed by atoms with van der Waals surface area (Å²) in [5.41, 5.74) is 4.06. The molecule has 2 amide bonds. The Bertz CT molecular complexity index is 1520. The molecule has 37 heavy (non-hydrogen) atoms. The molecule has 0 aliphatic heterocycles. The van der Waals surface area contributed by atoms with Gasteiger partial charge in [0.15, 0.2) is 0 Å². The zero-order valence-electron chi connectivity index (χ0n) is 20.5. The fourth-order valence-electron chi connectivity index (χ4n) is 3.63. The molecule has 4 aromatic rings. The predicted molar refractivity (Wildman–Crippen MR) is 146 cm³/mol. The van der Waals surface area contributed by atoms with Crippen LogP contribution < -0.4 is 21.5 Å². The minimum Gasteiger partial charge on any atom is -0.372 e. The molecule has 0 spiro atoms. The van der Waals surface area contributed by atoms with Crippen LogP contribution in [0, 0.1) is 6.92 Å². The smallest absolute Gasteiger partial charge is 0.262 e. The highest BCUT2D eigenvalue weighted by Crippen LogP contribution is 2.32. The van der Waals surface area contributed by atoms with Gasteiger partial charge in [-0.25, -0.2) is 9.97 Å². The van der Waals surface area contributed by atoms with Gasteiger partial charge in [-0.2, -0.15) is 0 Å². The Labute approximate surface area is 214 Å². The lowest BCUT2D eigenvalue weighted by Crippen LogP contribution is -2.21. The molecular formula is C27H26N5O4P. The van der Waals surface area contributed by atoms with Crippen LogP contribution >= 0.6 is 7.37 Å². The van der Waals surface area contributed by atoms with E-state index in [0.717, 1.165) is 23.4 Å². The molecule has 9 nitrogen and oxygen atoms in total. The van der Waals surface area contributed by atoms with E-state index in [-0.39, 0.29) is 22.9 Å². The second-order valence-electron chi connectivity index (χ2n) is 8.45. The van der Waals surface area contributed by atoms with Gasteiger partial charge in [0.2, 0.25) is 5.57 Å². The van der Waals surface area contributed by atoms with Crippen molar-refractivity contribution >= 4 is 41.9 Å². The molecule has 1 aromatic heterocycles. The monoisotopic (exact) mass is 515 g/mol. The first-order chi connectivity index (χ1) is 17.7. The topological polar surface area (TPSA) is 133 Å². The van der Waals surface area contributed by atoms with Gasteiger partial charge in [-0.15, -0.1) is 0 Å². The van der Waals surface area contributed by atoms with Crippen LogP contribution in [-0.2, 0) is 4.57 Å². The number of hydrogen-bond acceptors (Lipinski definition) is 6. The quantitative estimate of drug-likeness (QED) is 0.266. The minimum absolute atomic E-state index is 0.103. The highest BCUT2D eigenvalue weighted by molar-refractivity contribution is 7.64. The van der Waals surface area contributed by atoms with E-state index >= 15 is 0 Å². The molecule has 1 heterocycles. The molecule has 0 aliphatic carbocycles. The van der Waals surface area contributed by atoms with Crippen LogP contribution in [0.15, 0.2) is 79.0 Å². The number of rotatable bonds is 7. The summed E-state index contributed by atoms with van der Waals surface area (Å²) in [4.78, 5) is 43.6. The van der Waals surface area contributed by atoms with Crippen molar-refractivity contribution < 1.29 is 19.0 Å². The van der Waals surface area contributed by atoms with Crippen LogP contribution in [0.4, 0.5) is 17.2 Å². The van der Waals surface area contributed by atoms with Crippen LogP contribution in [0.1, 0.15) is 26.3 Å². The summed E-state index contributed by atoms with van der Waals surface area (Å²) in [5, 5.41) is 8.44. The van der Waals surface area contributed by atoms with Gasteiger partial charge in [0.25, 0.3) is 19.2 Å². The summed E-state index contributed by atoms with van der Waals surface area (Å²) in [7, 11) is -2.13. The van der Waals surface area contributed by atoms with E-state index in [0.29, 0.717) is 16.9 Å². The van der Waals surface area contributed by atoms with Crippen molar-refractivity contribution in [1.29, 1.82) is 0 Å². The number of hydrogen-bond donors (Lipinski definition) is 4. The lowest BCUT2D eigenvalue weighted by Gasteiger charge is -2.14. The first kappa shape index (κ1) is 25.8. The molecule has 10 heteroatoms. The van der Waals surface area contributed by atoms with Gasteiger partial charge in [0.1, 0.15) is 11.4 Å². The van der Waals surface area contributed by atoms with E-state index in [4.69, 9.17) is 0 Å². The van der Waals surface area contributed by atoms with Gasteiger partial charge in [-0.3, -0.25) is 14.2 Å². The van der Waals surface area contributed by atoms with Crippen LogP contribution in [0.2, 0.25) is 0 Å². The predicted octanol–water partition coefficient (Wildman–Crippen LogP) is 4.52. The van der Waals surface area contributed by atoms with E-state index < -0.39 is 13.3 Å². The zero-order valence-corrected chi connectivity index (χ0v) is 21.4. The second-order valence-corrected chi connectivity index (χ2v) is 10.6. The van der Waals surface area contributed by atoms with Crippen molar-refractivity contribution in [3.05, 3.63) is 95.7 Å². The maximum absolute atomic E-state index is 13.0. The van der Waals surface area contributed by atoms with Gasteiger partial charge in [0, 0.05) is 36.8 Å². The van der Waals surface area contributed by atoms with E-state index in [1.165, 1.54) is 6.20 Å². The summed E-state index contributed by atoms with van der Waals surface area (Å²) in [6.45, 7) is 2.95. The molecule has 0 saturated heterocycles. The molecule has 0 fully saturated rings. The first-order valence-electron chi connectivity index (χ1n) is 11.4. The molecule has 3 aromatic carbocycles. The second kappa shape index (κ2) is 10.7. The van der Waals surface area contributed by atoms with Crippen molar-refractivity contribution in [3.8, 4) is 11.1 Å². The van der Waals surface area contributed by atoms with E-state index in [1.807, 2.05) is 55.5 Å². The van der Waals surface area contributed by atoms with E-state index in [1.54, 1.807) is 31.3 Å². The van der Waals surface area contributed by atoms with Gasteiger partial charge < -0.3 is 20.8 Å². The lowest BCUT2D eigenvalue weighted by atomic mass is 10.0. The number of anilines is 3. The van der Waals surface area contributed by atoms with Crippen molar-refractivity contribution in [2.45, 2.75) is 6.92 Å². The summed E-state index contributed by atoms with van der Waals surface area (Å²) in [5.74, 6) is -0.672. The maximum Gasteiger partial charge on any atom is 0.262 e. The van der Waals surface area contributed by atoms with E-state index in [9.17, 15) is 19.0 Å². The molecule has 4 N–H and O–H groups in total. The Morgan fingerprint density at radius 2 is 1.62 bits per heavy atom. The molecule has 4 rings (SSSR count). The van der Waals surface area contributed by atoms with E-state index in [2.05, 4.69) is 25.9 Å². The maximum atomic E-state index is 13.0. The molecule has 188 valence electrons. The van der Waals surface area contributed by atoms with Gasteiger partial charge in [-0.05, 0) is 47.9 Å². The SMILES string of the molecule is CNc1nc(P(C)(=O)O)ncc1C(=O)Nc1cc(NC(=O)c2cccc(-c3ccccc3)c2)ccc1C. The Balaban J connectivity index is 1.53. The van der Waals surface area contributed by atoms with Crippen molar-refractivity contribution in [3.63, 3.8) is 0 Å². The van der Waals surface area contributed by atoms with Crippen molar-refractivity contribution in [1.82, 2.24) is 9.97 Å². The molecule has 0 saturated carbocycles. The van der Waals surface area contributed by atoms with Crippen molar-refractivity contribution in [2.75, 3.05) is 29.7 Å². The largest absolute Gasteiger partial charge is 0.372 e. The number of nitrogens with zero attached hydrogens (tertiary/aromatic N) is 2. The Morgan fingerprint density at radius 1 is 0.892 bits per heavy atom. The van der Waals surface area contributed by atoms with Crippen molar-refractivity contribution in [2.24, 2.45) is 0 Å². The summed E-state index contributed by atoms with van der Waals surface area (Å²) in [6.07, 6.45) is 1.20. The molecular weight excluding hydrogens is 489 g/mol. The first-order valence-corrected chi connectivity index (χ1v) is 13.5. The Kier molecular flexibility index (Phi) is 7.47. The minimum atomic E-state index is -3.68. The molecule has 1 unspecified atom stereocenters.